The van der Waals surface area contributed by atoms with Crippen molar-refractivity contribution < 1.29 is 18.6 Å². The molecule has 0 unspecified atom stereocenters. The summed E-state index contributed by atoms with van der Waals surface area (Å²) in [6, 6.07) is 20.3. The monoisotopic (exact) mass is 467 g/mol. The fraction of sp³-hybridized carbons (Fsp3) is 0.520. The Labute approximate surface area is 196 Å². The number of epoxide rings is 1. The van der Waals surface area contributed by atoms with Gasteiger partial charge >= 0.3 is 0 Å². The van der Waals surface area contributed by atoms with Gasteiger partial charge in [-0.25, -0.2) is 0 Å². The minimum absolute atomic E-state index is 0.0407. The highest BCUT2D eigenvalue weighted by Gasteiger charge is 2.54. The smallest absolute Gasteiger partial charge is 0.261 e. The first kappa shape index (κ1) is 23.9. The molecule has 0 amide bonds. The van der Waals surface area contributed by atoms with E-state index >= 15 is 0 Å². The Hall–Kier alpha value is -2.19. The molecule has 4 atom stereocenters. The Morgan fingerprint density at radius 3 is 2.06 bits per heavy atom. The second kappa shape index (κ2) is 9.22. The third-order valence-electron chi connectivity index (χ3n) is 6.36. The summed E-state index contributed by atoms with van der Waals surface area (Å²) in [6.07, 6.45) is -0.777. The number of hydrogen-bond donors (Lipinski definition) is 0. The van der Waals surface area contributed by atoms with Crippen LogP contribution < -0.4 is 10.4 Å². The number of nitrogens with zero attached hydrogens (tertiary/aromatic N) is 3. The lowest BCUT2D eigenvalue weighted by molar-refractivity contribution is -0.149. The predicted octanol–water partition coefficient (Wildman–Crippen LogP) is 4.16. The third-order valence-corrected chi connectivity index (χ3v) is 11.4. The molecule has 8 heteroatoms. The van der Waals surface area contributed by atoms with E-state index in [2.05, 4.69) is 79.3 Å². The number of azide groups is 1. The van der Waals surface area contributed by atoms with Gasteiger partial charge in [-0.1, -0.05) is 86.5 Å². The summed E-state index contributed by atoms with van der Waals surface area (Å²) in [5.41, 5.74) is 9.38. The lowest BCUT2D eigenvalue weighted by atomic mass is 10.0. The third kappa shape index (κ3) is 4.87. The first-order valence-electron chi connectivity index (χ1n) is 11.4. The molecule has 2 aliphatic rings. The van der Waals surface area contributed by atoms with E-state index in [1.165, 1.54) is 10.4 Å². The maximum Gasteiger partial charge on any atom is 0.261 e. The van der Waals surface area contributed by atoms with E-state index in [4.69, 9.17) is 18.6 Å². The Balaban J connectivity index is 1.72. The van der Waals surface area contributed by atoms with Crippen LogP contribution >= 0.6 is 0 Å². The fourth-order valence-electron chi connectivity index (χ4n) is 4.88. The van der Waals surface area contributed by atoms with Gasteiger partial charge in [0.15, 0.2) is 5.79 Å². The van der Waals surface area contributed by atoms with Gasteiger partial charge in [0, 0.05) is 11.5 Å². The normalized spacial score (nSPS) is 25.3. The molecule has 33 heavy (non-hydrogen) atoms. The molecule has 2 aromatic rings. The highest BCUT2D eigenvalue weighted by molar-refractivity contribution is 6.99. The molecule has 2 heterocycles. The van der Waals surface area contributed by atoms with Crippen molar-refractivity contribution in [1.82, 2.24) is 0 Å². The molecule has 2 aromatic carbocycles. The van der Waals surface area contributed by atoms with Crippen molar-refractivity contribution in [1.29, 1.82) is 0 Å². The summed E-state index contributed by atoms with van der Waals surface area (Å²) >= 11 is 0. The molecular weight excluding hydrogens is 434 g/mol. The van der Waals surface area contributed by atoms with Crippen LogP contribution in [0.3, 0.4) is 0 Å². The number of rotatable bonds is 8. The topological polar surface area (TPSA) is 89.0 Å². The van der Waals surface area contributed by atoms with E-state index in [0.29, 0.717) is 6.61 Å². The largest absolute Gasteiger partial charge is 0.407 e. The summed E-state index contributed by atoms with van der Waals surface area (Å²) in [7, 11) is -2.77. The van der Waals surface area contributed by atoms with Crippen molar-refractivity contribution >= 4 is 18.7 Å². The molecule has 2 fully saturated rings. The summed E-state index contributed by atoms with van der Waals surface area (Å²) in [4.78, 5) is 3.13. The Morgan fingerprint density at radius 1 is 1.06 bits per heavy atom. The number of ether oxygens (including phenoxy) is 3. The number of hydrogen-bond acceptors (Lipinski definition) is 5. The van der Waals surface area contributed by atoms with Gasteiger partial charge in [0.05, 0.1) is 12.6 Å². The number of benzene rings is 2. The Morgan fingerprint density at radius 2 is 1.61 bits per heavy atom. The van der Waals surface area contributed by atoms with Gasteiger partial charge in [-0.3, -0.25) is 0 Å². The molecule has 0 spiro atoms. The van der Waals surface area contributed by atoms with Crippen LogP contribution in [-0.4, -0.2) is 51.7 Å². The van der Waals surface area contributed by atoms with Crippen molar-refractivity contribution in [3.63, 3.8) is 0 Å². The van der Waals surface area contributed by atoms with E-state index in [0.717, 1.165) is 0 Å². The molecule has 0 aliphatic carbocycles. The lowest BCUT2D eigenvalue weighted by Crippen LogP contribution is -2.67. The van der Waals surface area contributed by atoms with Crippen molar-refractivity contribution in [2.75, 3.05) is 13.2 Å². The van der Waals surface area contributed by atoms with Gasteiger partial charge in [-0.2, -0.15) is 0 Å². The van der Waals surface area contributed by atoms with E-state index in [1.807, 2.05) is 26.0 Å². The van der Waals surface area contributed by atoms with Crippen molar-refractivity contribution in [3.05, 3.63) is 71.1 Å². The highest BCUT2D eigenvalue weighted by atomic mass is 28.4. The molecule has 4 rings (SSSR count). The standard InChI is InChI=1S/C25H33N3O4Si/c1-24(2,3)33(18-12-8-6-9-13-18,19-14-10-7-11-15-19)30-16-20(27-28-26)22-23(21-17-29-21)32-25(4,5)31-22/h6-15,20-23H,16-17H2,1-5H3/t20-,21-,22+,23+/m0/s1. The van der Waals surface area contributed by atoms with Crippen LogP contribution in [0.4, 0.5) is 0 Å². The summed E-state index contributed by atoms with van der Waals surface area (Å²) in [5, 5.41) is 6.29. The molecule has 0 radical (unpaired) electrons. The lowest BCUT2D eigenvalue weighted by Gasteiger charge is -2.43. The average molecular weight is 468 g/mol. The summed E-state index contributed by atoms with van der Waals surface area (Å²) in [5.74, 6) is -0.776. The van der Waals surface area contributed by atoms with Crippen molar-refractivity contribution in [2.24, 2.45) is 5.11 Å². The van der Waals surface area contributed by atoms with Crippen LogP contribution in [0.2, 0.25) is 5.04 Å². The molecule has 0 N–H and O–H groups in total. The molecule has 2 aliphatic heterocycles. The van der Waals surface area contributed by atoms with E-state index < -0.39 is 26.3 Å². The maximum atomic E-state index is 9.38. The second-order valence-electron chi connectivity index (χ2n) is 10.2. The molecule has 2 saturated heterocycles. The van der Waals surface area contributed by atoms with Gasteiger partial charge in [0.25, 0.3) is 8.32 Å². The minimum atomic E-state index is -2.77. The zero-order valence-corrected chi connectivity index (χ0v) is 21.0. The average Bonchev–Trinajstić information content (AvgIpc) is 3.57. The highest BCUT2D eigenvalue weighted by Crippen LogP contribution is 2.39. The summed E-state index contributed by atoms with van der Waals surface area (Å²) < 4.78 is 24.8. The summed E-state index contributed by atoms with van der Waals surface area (Å²) in [6.45, 7) is 11.3. The van der Waals surface area contributed by atoms with Crippen LogP contribution in [0.25, 0.3) is 10.4 Å². The first-order chi connectivity index (χ1) is 15.7. The molecule has 0 bridgehead atoms. The van der Waals surface area contributed by atoms with E-state index in [-0.39, 0.29) is 23.9 Å². The fourth-order valence-corrected chi connectivity index (χ4v) is 9.46. The van der Waals surface area contributed by atoms with Crippen molar-refractivity contribution in [2.45, 2.75) is 69.8 Å². The molecular formula is C25H33N3O4Si. The van der Waals surface area contributed by atoms with Gasteiger partial charge < -0.3 is 18.6 Å². The van der Waals surface area contributed by atoms with Crippen LogP contribution in [0, 0.1) is 0 Å². The van der Waals surface area contributed by atoms with Gasteiger partial charge in [0.2, 0.25) is 0 Å². The SMILES string of the molecule is CC1(C)O[C@H]([C@H](CO[Si](c2ccccc2)(c2ccccc2)C(C)(C)C)N=[N+]=[N-])[C@@H]([C@@H]2CO2)O1. The Bertz CT molecular complexity index is 946. The van der Waals surface area contributed by atoms with E-state index in [9.17, 15) is 5.53 Å². The Kier molecular flexibility index (Phi) is 6.69. The first-order valence-corrected chi connectivity index (χ1v) is 13.4. The predicted molar refractivity (Wildman–Crippen MR) is 130 cm³/mol. The maximum absolute atomic E-state index is 9.38. The zero-order valence-electron chi connectivity index (χ0n) is 20.0. The minimum Gasteiger partial charge on any atom is -0.407 e. The van der Waals surface area contributed by atoms with Crippen LogP contribution in [0.5, 0.6) is 0 Å². The molecule has 0 aromatic heterocycles. The second-order valence-corrected chi connectivity index (χ2v) is 14.5. The van der Waals surface area contributed by atoms with Gasteiger partial charge in [0.1, 0.15) is 18.3 Å². The quantitative estimate of drug-likeness (QED) is 0.192. The molecule has 7 nitrogen and oxygen atoms in total. The molecule has 0 saturated carbocycles. The zero-order chi connectivity index (χ0) is 23.7. The van der Waals surface area contributed by atoms with Gasteiger partial charge in [-0.05, 0) is 34.8 Å². The molecule has 176 valence electrons. The van der Waals surface area contributed by atoms with Crippen LogP contribution in [0.1, 0.15) is 34.6 Å². The van der Waals surface area contributed by atoms with Crippen molar-refractivity contribution in [3.8, 4) is 0 Å². The van der Waals surface area contributed by atoms with Crippen LogP contribution in [0.15, 0.2) is 65.8 Å². The van der Waals surface area contributed by atoms with Crippen LogP contribution in [-0.2, 0) is 18.6 Å². The van der Waals surface area contributed by atoms with Gasteiger partial charge in [-0.15, -0.1) is 0 Å². The van der Waals surface area contributed by atoms with E-state index in [1.54, 1.807) is 0 Å².